The molecular weight excluding hydrogens is 232 g/mol. The van der Waals surface area contributed by atoms with Crippen molar-refractivity contribution in [2.75, 3.05) is 38.8 Å². The molecular formula is C12H22N4S. The maximum absolute atomic E-state index is 4.51. The summed E-state index contributed by atoms with van der Waals surface area (Å²) < 4.78 is 0. The molecule has 0 aliphatic carbocycles. The number of anilines is 1. The van der Waals surface area contributed by atoms with Crippen molar-refractivity contribution in [3.8, 4) is 0 Å². The van der Waals surface area contributed by atoms with Crippen molar-refractivity contribution >= 4 is 17.6 Å². The van der Waals surface area contributed by atoms with Crippen LogP contribution in [0.15, 0.2) is 11.4 Å². The van der Waals surface area contributed by atoms with Gasteiger partial charge in [0, 0.05) is 18.3 Å². The van der Waals surface area contributed by atoms with Gasteiger partial charge in [0.2, 0.25) is 0 Å². The van der Waals surface area contributed by atoms with Crippen LogP contribution in [0.2, 0.25) is 0 Å². The van der Waals surface area contributed by atoms with E-state index in [2.05, 4.69) is 41.2 Å². The SMILES string of the molecule is CCNc1nc(SC)ncc1CCCN(C)C. The highest BCUT2D eigenvalue weighted by Crippen LogP contribution is 2.17. The van der Waals surface area contributed by atoms with Crippen LogP contribution in [0.5, 0.6) is 0 Å². The molecule has 1 heterocycles. The predicted molar refractivity (Wildman–Crippen MR) is 74.9 cm³/mol. The van der Waals surface area contributed by atoms with Gasteiger partial charge in [-0.05, 0) is 46.7 Å². The predicted octanol–water partition coefficient (Wildman–Crippen LogP) is 2.12. The Bertz CT molecular complexity index is 341. The van der Waals surface area contributed by atoms with Gasteiger partial charge in [-0.25, -0.2) is 9.97 Å². The Kier molecular flexibility index (Phi) is 6.29. The van der Waals surface area contributed by atoms with Crippen molar-refractivity contribution in [2.24, 2.45) is 0 Å². The van der Waals surface area contributed by atoms with Gasteiger partial charge in [0.05, 0.1) is 0 Å². The van der Waals surface area contributed by atoms with Gasteiger partial charge in [0.15, 0.2) is 5.16 Å². The maximum Gasteiger partial charge on any atom is 0.189 e. The van der Waals surface area contributed by atoms with E-state index >= 15 is 0 Å². The molecule has 1 rings (SSSR count). The summed E-state index contributed by atoms with van der Waals surface area (Å²) in [5, 5.41) is 4.14. The normalized spacial score (nSPS) is 10.9. The van der Waals surface area contributed by atoms with E-state index in [0.29, 0.717) is 0 Å². The lowest BCUT2D eigenvalue weighted by atomic mass is 10.1. The van der Waals surface area contributed by atoms with E-state index < -0.39 is 0 Å². The number of aromatic nitrogens is 2. The third-order valence-corrected chi connectivity index (χ3v) is 2.98. The Hall–Kier alpha value is -0.810. The van der Waals surface area contributed by atoms with Crippen molar-refractivity contribution in [2.45, 2.75) is 24.9 Å². The van der Waals surface area contributed by atoms with E-state index in [0.717, 1.165) is 36.9 Å². The van der Waals surface area contributed by atoms with Crippen LogP contribution in [0, 0.1) is 0 Å². The number of nitrogens with zero attached hydrogens (tertiary/aromatic N) is 3. The molecule has 4 nitrogen and oxygen atoms in total. The lowest BCUT2D eigenvalue weighted by molar-refractivity contribution is 0.400. The van der Waals surface area contributed by atoms with Gasteiger partial charge < -0.3 is 10.2 Å². The van der Waals surface area contributed by atoms with Crippen LogP contribution in [-0.2, 0) is 6.42 Å². The molecule has 0 fully saturated rings. The zero-order valence-electron chi connectivity index (χ0n) is 11.2. The Balaban J connectivity index is 2.68. The molecule has 0 radical (unpaired) electrons. The monoisotopic (exact) mass is 254 g/mol. The first kappa shape index (κ1) is 14.3. The first-order valence-corrected chi connectivity index (χ1v) is 7.18. The van der Waals surface area contributed by atoms with Gasteiger partial charge in [-0.2, -0.15) is 0 Å². The first-order chi connectivity index (χ1) is 8.17. The average molecular weight is 254 g/mol. The minimum absolute atomic E-state index is 0.831. The minimum atomic E-state index is 0.831. The van der Waals surface area contributed by atoms with E-state index in [4.69, 9.17) is 0 Å². The average Bonchev–Trinajstić information content (AvgIpc) is 2.31. The fourth-order valence-corrected chi connectivity index (χ4v) is 1.92. The van der Waals surface area contributed by atoms with E-state index in [1.165, 1.54) is 5.56 Å². The number of thioether (sulfide) groups is 1. The van der Waals surface area contributed by atoms with E-state index in [1.54, 1.807) is 11.8 Å². The van der Waals surface area contributed by atoms with Crippen LogP contribution >= 0.6 is 11.8 Å². The molecule has 0 unspecified atom stereocenters. The van der Waals surface area contributed by atoms with Gasteiger partial charge in [-0.15, -0.1) is 0 Å². The van der Waals surface area contributed by atoms with Crippen molar-refractivity contribution in [1.82, 2.24) is 14.9 Å². The van der Waals surface area contributed by atoms with Crippen molar-refractivity contribution in [3.05, 3.63) is 11.8 Å². The molecule has 1 aromatic heterocycles. The Morgan fingerprint density at radius 2 is 2.18 bits per heavy atom. The summed E-state index contributed by atoms with van der Waals surface area (Å²) in [6.45, 7) is 4.08. The Morgan fingerprint density at radius 3 is 2.76 bits per heavy atom. The number of nitrogens with one attached hydrogen (secondary N) is 1. The summed E-state index contributed by atoms with van der Waals surface area (Å²) in [7, 11) is 4.19. The molecule has 0 amide bonds. The summed E-state index contributed by atoms with van der Waals surface area (Å²) in [4.78, 5) is 11.0. The van der Waals surface area contributed by atoms with Crippen LogP contribution in [-0.4, -0.2) is 48.3 Å². The quantitative estimate of drug-likeness (QED) is 0.596. The fraction of sp³-hybridized carbons (Fsp3) is 0.667. The van der Waals surface area contributed by atoms with E-state index in [-0.39, 0.29) is 0 Å². The first-order valence-electron chi connectivity index (χ1n) is 5.95. The molecule has 96 valence electrons. The second kappa shape index (κ2) is 7.50. The number of hydrogen-bond acceptors (Lipinski definition) is 5. The Morgan fingerprint density at radius 1 is 1.41 bits per heavy atom. The van der Waals surface area contributed by atoms with Crippen molar-refractivity contribution < 1.29 is 0 Å². The van der Waals surface area contributed by atoms with Gasteiger partial charge in [-0.1, -0.05) is 11.8 Å². The molecule has 0 spiro atoms. The van der Waals surface area contributed by atoms with Crippen LogP contribution in [0.25, 0.3) is 0 Å². The van der Waals surface area contributed by atoms with Crippen molar-refractivity contribution in [3.63, 3.8) is 0 Å². The summed E-state index contributed by atoms with van der Waals surface area (Å²) in [5.74, 6) is 0.991. The molecule has 0 aromatic carbocycles. The van der Waals surface area contributed by atoms with Gasteiger partial charge in [0.1, 0.15) is 5.82 Å². The zero-order valence-corrected chi connectivity index (χ0v) is 12.0. The topological polar surface area (TPSA) is 41.1 Å². The highest BCUT2D eigenvalue weighted by molar-refractivity contribution is 7.98. The molecule has 1 N–H and O–H groups in total. The third kappa shape index (κ3) is 4.91. The zero-order chi connectivity index (χ0) is 12.7. The van der Waals surface area contributed by atoms with Gasteiger partial charge >= 0.3 is 0 Å². The molecule has 5 heteroatoms. The standard InChI is InChI=1S/C12H22N4S/c1-5-13-11-10(7-6-8-16(2)3)9-14-12(15-11)17-4/h9H,5-8H2,1-4H3,(H,13,14,15). The van der Waals surface area contributed by atoms with Crippen molar-refractivity contribution in [1.29, 1.82) is 0 Å². The molecule has 17 heavy (non-hydrogen) atoms. The van der Waals surface area contributed by atoms with Crippen LogP contribution in [0.3, 0.4) is 0 Å². The van der Waals surface area contributed by atoms with Crippen LogP contribution < -0.4 is 5.32 Å². The number of rotatable bonds is 7. The second-order valence-electron chi connectivity index (χ2n) is 4.17. The third-order valence-electron chi connectivity index (χ3n) is 2.42. The minimum Gasteiger partial charge on any atom is -0.370 e. The smallest absolute Gasteiger partial charge is 0.189 e. The summed E-state index contributed by atoms with van der Waals surface area (Å²) in [6.07, 6.45) is 6.10. The highest BCUT2D eigenvalue weighted by Gasteiger charge is 2.06. The number of aryl methyl sites for hydroxylation is 1. The molecule has 0 saturated carbocycles. The largest absolute Gasteiger partial charge is 0.370 e. The highest BCUT2D eigenvalue weighted by atomic mass is 32.2. The van der Waals surface area contributed by atoms with Gasteiger partial charge in [0.25, 0.3) is 0 Å². The lowest BCUT2D eigenvalue weighted by Gasteiger charge is -2.12. The summed E-state index contributed by atoms with van der Waals surface area (Å²) in [5.41, 5.74) is 1.21. The van der Waals surface area contributed by atoms with Crippen LogP contribution in [0.1, 0.15) is 18.9 Å². The van der Waals surface area contributed by atoms with Gasteiger partial charge in [-0.3, -0.25) is 0 Å². The van der Waals surface area contributed by atoms with Crippen LogP contribution in [0.4, 0.5) is 5.82 Å². The Labute approximate surface area is 108 Å². The fourth-order valence-electron chi connectivity index (χ4n) is 1.58. The summed E-state index contributed by atoms with van der Waals surface area (Å²) in [6, 6.07) is 0. The number of hydrogen-bond donors (Lipinski definition) is 1. The molecule has 0 aliphatic heterocycles. The molecule has 0 aliphatic rings. The lowest BCUT2D eigenvalue weighted by Crippen LogP contribution is -2.14. The molecule has 0 saturated heterocycles. The molecule has 0 atom stereocenters. The van der Waals surface area contributed by atoms with E-state index in [9.17, 15) is 0 Å². The second-order valence-corrected chi connectivity index (χ2v) is 4.94. The maximum atomic E-state index is 4.51. The van der Waals surface area contributed by atoms with E-state index in [1.807, 2.05) is 12.5 Å². The molecule has 1 aromatic rings. The summed E-state index contributed by atoms with van der Waals surface area (Å²) >= 11 is 1.58. The molecule has 0 bridgehead atoms.